The summed E-state index contributed by atoms with van der Waals surface area (Å²) in [4.78, 5) is 0. The van der Waals surface area contributed by atoms with Crippen LogP contribution < -0.4 is 10.1 Å². The van der Waals surface area contributed by atoms with Crippen LogP contribution in [0.5, 0.6) is 5.75 Å². The summed E-state index contributed by atoms with van der Waals surface area (Å²) in [6, 6.07) is 9.87. The summed E-state index contributed by atoms with van der Waals surface area (Å²) in [7, 11) is 0. The van der Waals surface area contributed by atoms with Crippen molar-refractivity contribution in [2.75, 3.05) is 0 Å². The summed E-state index contributed by atoms with van der Waals surface area (Å²) < 4.78 is 11.5. The van der Waals surface area contributed by atoms with Crippen molar-refractivity contribution < 1.29 is 9.15 Å². The maximum absolute atomic E-state index is 6.05. The molecule has 1 N–H and O–H groups in total. The summed E-state index contributed by atoms with van der Waals surface area (Å²) in [5.74, 6) is 2.43. The quantitative estimate of drug-likeness (QED) is 0.861. The lowest BCUT2D eigenvalue weighted by molar-refractivity contribution is 0.264. The van der Waals surface area contributed by atoms with Gasteiger partial charge < -0.3 is 14.5 Å². The largest absolute Gasteiger partial charge is 0.484 e. The molecular formula is C16H20ClNO2. The molecule has 4 heteroatoms. The molecule has 0 aliphatic rings. The van der Waals surface area contributed by atoms with Gasteiger partial charge in [0.1, 0.15) is 23.9 Å². The number of rotatable bonds is 6. The molecule has 1 aromatic carbocycles. The number of ether oxygens (including phenoxy) is 1. The maximum Gasteiger partial charge on any atom is 0.146 e. The third-order valence-electron chi connectivity index (χ3n) is 2.95. The van der Waals surface area contributed by atoms with Gasteiger partial charge in [0.25, 0.3) is 0 Å². The number of halogens is 1. The minimum Gasteiger partial charge on any atom is -0.484 e. The lowest BCUT2D eigenvalue weighted by atomic mass is 10.2. The highest BCUT2D eigenvalue weighted by Crippen LogP contribution is 2.25. The van der Waals surface area contributed by atoms with Crippen molar-refractivity contribution >= 4 is 11.6 Å². The zero-order chi connectivity index (χ0) is 14.5. The Bertz CT molecular complexity index is 563. The van der Waals surface area contributed by atoms with Crippen molar-refractivity contribution in [1.82, 2.24) is 5.32 Å². The lowest BCUT2D eigenvalue weighted by Crippen LogP contribution is -2.21. The molecule has 0 atom stereocenters. The summed E-state index contributed by atoms with van der Waals surface area (Å²) in [5.41, 5.74) is 1.14. The molecule has 0 radical (unpaired) electrons. The molecule has 0 spiro atoms. The fourth-order valence-electron chi connectivity index (χ4n) is 1.84. The molecule has 0 saturated heterocycles. The first-order valence-electron chi connectivity index (χ1n) is 6.75. The molecule has 1 aromatic heterocycles. The van der Waals surface area contributed by atoms with Crippen molar-refractivity contribution in [3.8, 4) is 5.75 Å². The topological polar surface area (TPSA) is 34.4 Å². The number of aryl methyl sites for hydroxylation is 1. The van der Waals surface area contributed by atoms with E-state index in [1.165, 1.54) is 0 Å². The minimum absolute atomic E-state index is 0.381. The molecule has 0 amide bonds. The fraction of sp³-hybridized carbons (Fsp3) is 0.375. The molecule has 0 aliphatic carbocycles. The second-order valence-electron chi connectivity index (χ2n) is 5.07. The van der Waals surface area contributed by atoms with E-state index in [0.29, 0.717) is 23.4 Å². The van der Waals surface area contributed by atoms with Gasteiger partial charge in [-0.25, -0.2) is 0 Å². The summed E-state index contributed by atoms with van der Waals surface area (Å²) in [6.07, 6.45) is 0. The molecule has 3 nitrogen and oxygen atoms in total. The smallest absolute Gasteiger partial charge is 0.146 e. The molecule has 0 bridgehead atoms. The standard InChI is InChI=1S/C16H20ClNO2/c1-11(2)18-9-16-12(3)8-13(20-16)10-19-15-7-5-4-6-14(15)17/h4-8,11,18H,9-10H2,1-3H3. The van der Waals surface area contributed by atoms with E-state index in [1.54, 1.807) is 0 Å². The normalized spacial score (nSPS) is 11.1. The van der Waals surface area contributed by atoms with Crippen molar-refractivity contribution in [3.05, 3.63) is 52.4 Å². The third kappa shape index (κ3) is 4.02. The SMILES string of the molecule is Cc1cc(COc2ccccc2Cl)oc1CNC(C)C. The van der Waals surface area contributed by atoms with Crippen LogP contribution in [0.25, 0.3) is 0 Å². The Balaban J connectivity index is 1.97. The minimum atomic E-state index is 0.381. The van der Waals surface area contributed by atoms with E-state index < -0.39 is 0 Å². The van der Waals surface area contributed by atoms with Gasteiger partial charge in [-0.3, -0.25) is 0 Å². The van der Waals surface area contributed by atoms with Gasteiger partial charge in [-0.2, -0.15) is 0 Å². The van der Waals surface area contributed by atoms with Gasteiger partial charge >= 0.3 is 0 Å². The second kappa shape index (κ2) is 6.82. The van der Waals surface area contributed by atoms with Gasteiger partial charge in [-0.05, 0) is 30.7 Å². The summed E-state index contributed by atoms with van der Waals surface area (Å²) in [6.45, 7) is 7.38. The first-order valence-corrected chi connectivity index (χ1v) is 7.13. The molecule has 2 aromatic rings. The second-order valence-corrected chi connectivity index (χ2v) is 5.48. The van der Waals surface area contributed by atoms with E-state index in [0.717, 1.165) is 23.6 Å². The number of nitrogens with one attached hydrogen (secondary N) is 1. The van der Waals surface area contributed by atoms with E-state index in [-0.39, 0.29) is 0 Å². The zero-order valence-electron chi connectivity index (χ0n) is 12.1. The van der Waals surface area contributed by atoms with Crippen molar-refractivity contribution in [3.63, 3.8) is 0 Å². The number of para-hydroxylation sites is 1. The Hall–Kier alpha value is -1.45. The molecule has 0 fully saturated rings. The van der Waals surface area contributed by atoms with Crippen LogP contribution in [0.2, 0.25) is 5.02 Å². The van der Waals surface area contributed by atoms with Gasteiger partial charge in [0.15, 0.2) is 0 Å². The van der Waals surface area contributed by atoms with Crippen molar-refractivity contribution in [2.24, 2.45) is 0 Å². The predicted octanol–water partition coefficient (Wildman–Crippen LogP) is 4.32. The van der Waals surface area contributed by atoms with Crippen LogP contribution in [-0.2, 0) is 13.2 Å². The molecule has 2 rings (SSSR count). The molecule has 108 valence electrons. The van der Waals surface area contributed by atoms with Gasteiger partial charge in [-0.1, -0.05) is 37.6 Å². The lowest BCUT2D eigenvalue weighted by Gasteiger charge is -2.07. The molecule has 20 heavy (non-hydrogen) atoms. The summed E-state index contributed by atoms with van der Waals surface area (Å²) >= 11 is 6.05. The van der Waals surface area contributed by atoms with Gasteiger partial charge in [0.05, 0.1) is 11.6 Å². The van der Waals surface area contributed by atoms with Gasteiger partial charge in [0, 0.05) is 6.04 Å². The molecule has 1 heterocycles. The van der Waals surface area contributed by atoms with Crippen LogP contribution in [0.4, 0.5) is 0 Å². The summed E-state index contributed by atoms with van der Waals surface area (Å²) in [5, 5.41) is 3.95. The highest BCUT2D eigenvalue weighted by molar-refractivity contribution is 6.32. The van der Waals surface area contributed by atoms with Crippen LogP contribution in [0, 0.1) is 6.92 Å². The number of hydrogen-bond donors (Lipinski definition) is 1. The van der Waals surface area contributed by atoms with E-state index >= 15 is 0 Å². The van der Waals surface area contributed by atoms with Crippen molar-refractivity contribution in [1.29, 1.82) is 0 Å². The highest BCUT2D eigenvalue weighted by Gasteiger charge is 2.09. The van der Waals surface area contributed by atoms with Crippen molar-refractivity contribution in [2.45, 2.75) is 40.0 Å². The number of furan rings is 1. The van der Waals surface area contributed by atoms with Crippen LogP contribution in [0.3, 0.4) is 0 Å². The zero-order valence-corrected chi connectivity index (χ0v) is 12.8. The first-order chi connectivity index (χ1) is 9.56. The Morgan fingerprint density at radius 2 is 2.05 bits per heavy atom. The van der Waals surface area contributed by atoms with E-state index in [1.807, 2.05) is 37.3 Å². The molecular weight excluding hydrogens is 274 g/mol. The average molecular weight is 294 g/mol. The van der Waals surface area contributed by atoms with Gasteiger partial charge in [-0.15, -0.1) is 0 Å². The Morgan fingerprint density at radius 3 is 2.75 bits per heavy atom. The Morgan fingerprint density at radius 1 is 1.30 bits per heavy atom. The molecule has 0 aliphatic heterocycles. The van der Waals surface area contributed by atoms with Gasteiger partial charge in [0.2, 0.25) is 0 Å². The monoisotopic (exact) mass is 293 g/mol. The maximum atomic E-state index is 6.05. The highest BCUT2D eigenvalue weighted by atomic mass is 35.5. The molecule has 0 saturated carbocycles. The number of hydrogen-bond acceptors (Lipinski definition) is 3. The van der Waals surface area contributed by atoms with E-state index in [2.05, 4.69) is 19.2 Å². The average Bonchev–Trinajstić information content (AvgIpc) is 2.76. The van der Waals surface area contributed by atoms with Crippen LogP contribution in [0.15, 0.2) is 34.7 Å². The van der Waals surface area contributed by atoms with E-state index in [9.17, 15) is 0 Å². The Kier molecular flexibility index (Phi) is 5.10. The van der Waals surface area contributed by atoms with Crippen LogP contribution in [-0.4, -0.2) is 6.04 Å². The van der Waals surface area contributed by atoms with E-state index in [4.69, 9.17) is 20.8 Å². The van der Waals surface area contributed by atoms with Crippen LogP contribution >= 0.6 is 11.6 Å². The third-order valence-corrected chi connectivity index (χ3v) is 3.26. The van der Waals surface area contributed by atoms with Crippen LogP contribution in [0.1, 0.15) is 30.9 Å². The molecule has 0 unspecified atom stereocenters. The Labute approximate surface area is 124 Å². The predicted molar refractivity (Wildman–Crippen MR) is 81.2 cm³/mol. The first kappa shape index (κ1) is 14.9. The number of benzene rings is 1. The fourth-order valence-corrected chi connectivity index (χ4v) is 2.03.